The average molecular weight is 215 g/mol. The molecule has 0 saturated carbocycles. The molecule has 0 bridgehead atoms. The summed E-state index contributed by atoms with van der Waals surface area (Å²) in [6.45, 7) is 2.42. The van der Waals surface area contributed by atoms with Crippen LogP contribution in [0.15, 0.2) is 36.4 Å². The van der Waals surface area contributed by atoms with Crippen molar-refractivity contribution in [1.29, 1.82) is 0 Å². The molecular formula is C13H13NO2. The van der Waals surface area contributed by atoms with Gasteiger partial charge in [-0.2, -0.15) is 0 Å². The molecule has 2 aromatic rings. The van der Waals surface area contributed by atoms with Gasteiger partial charge in [0.05, 0.1) is 6.61 Å². The smallest absolute Gasteiger partial charge is 0.119 e. The van der Waals surface area contributed by atoms with E-state index in [9.17, 15) is 5.11 Å². The van der Waals surface area contributed by atoms with Crippen LogP contribution < -0.4 is 4.90 Å². The maximum absolute atomic E-state index is 9.38. The van der Waals surface area contributed by atoms with Crippen molar-refractivity contribution in [3.63, 3.8) is 0 Å². The zero-order chi connectivity index (χ0) is 11.0. The van der Waals surface area contributed by atoms with Crippen molar-refractivity contribution in [2.24, 2.45) is 0 Å². The minimum atomic E-state index is 0.310. The van der Waals surface area contributed by atoms with E-state index in [0.717, 1.165) is 23.9 Å². The predicted molar refractivity (Wildman–Crippen MR) is 63.8 cm³/mol. The number of aromatic hydroxyl groups is 1. The van der Waals surface area contributed by atoms with Crippen LogP contribution in [0.2, 0.25) is 0 Å². The largest absolute Gasteiger partial charge is 0.508 e. The van der Waals surface area contributed by atoms with Crippen LogP contribution in [-0.4, -0.2) is 25.0 Å². The van der Waals surface area contributed by atoms with E-state index in [1.54, 1.807) is 12.1 Å². The van der Waals surface area contributed by atoms with Gasteiger partial charge in [-0.1, -0.05) is 12.1 Å². The number of phenols is 1. The van der Waals surface area contributed by atoms with Crippen molar-refractivity contribution >= 4 is 16.5 Å². The molecule has 3 rings (SSSR count). The lowest BCUT2D eigenvalue weighted by molar-refractivity contribution is 0.201. The first kappa shape index (κ1) is 9.48. The number of fused-ring (bicyclic) bond motifs is 1. The molecule has 1 N–H and O–H groups in total. The van der Waals surface area contributed by atoms with Gasteiger partial charge in [0.1, 0.15) is 12.5 Å². The van der Waals surface area contributed by atoms with E-state index in [1.165, 1.54) is 5.69 Å². The first-order chi connectivity index (χ1) is 7.83. The lowest BCUT2D eigenvalue weighted by Crippen LogP contribution is -2.18. The molecule has 0 unspecified atom stereocenters. The van der Waals surface area contributed by atoms with Crippen molar-refractivity contribution in [3.8, 4) is 5.75 Å². The summed E-state index contributed by atoms with van der Waals surface area (Å²) in [6.07, 6.45) is 0. The van der Waals surface area contributed by atoms with Gasteiger partial charge in [-0.15, -0.1) is 0 Å². The number of phenolic OH excluding ortho intramolecular Hbond substituents is 1. The summed E-state index contributed by atoms with van der Waals surface area (Å²) < 4.78 is 5.33. The Morgan fingerprint density at radius 1 is 1.06 bits per heavy atom. The fourth-order valence-electron chi connectivity index (χ4n) is 2.03. The number of hydrogen-bond donors (Lipinski definition) is 1. The molecule has 0 amide bonds. The number of nitrogens with zero attached hydrogens (tertiary/aromatic N) is 1. The monoisotopic (exact) mass is 215 g/mol. The highest BCUT2D eigenvalue weighted by atomic mass is 16.5. The quantitative estimate of drug-likeness (QED) is 0.792. The van der Waals surface area contributed by atoms with Gasteiger partial charge in [0.25, 0.3) is 0 Å². The Kier molecular flexibility index (Phi) is 2.18. The van der Waals surface area contributed by atoms with Crippen molar-refractivity contribution in [2.45, 2.75) is 0 Å². The van der Waals surface area contributed by atoms with Crippen LogP contribution in [-0.2, 0) is 4.74 Å². The van der Waals surface area contributed by atoms with Crippen LogP contribution in [0.4, 0.5) is 5.69 Å². The zero-order valence-corrected chi connectivity index (χ0v) is 8.89. The Bertz CT molecular complexity index is 518. The second-order valence-corrected chi connectivity index (χ2v) is 4.02. The minimum absolute atomic E-state index is 0.310. The molecule has 1 saturated heterocycles. The molecule has 1 heterocycles. The number of rotatable bonds is 1. The Hall–Kier alpha value is -1.74. The molecule has 0 atom stereocenters. The van der Waals surface area contributed by atoms with E-state index < -0.39 is 0 Å². The van der Waals surface area contributed by atoms with Crippen LogP contribution in [0.5, 0.6) is 5.75 Å². The van der Waals surface area contributed by atoms with E-state index in [0.29, 0.717) is 12.5 Å². The summed E-state index contributed by atoms with van der Waals surface area (Å²) in [6, 6.07) is 11.7. The lowest BCUT2D eigenvalue weighted by atomic mass is 10.1. The summed E-state index contributed by atoms with van der Waals surface area (Å²) in [7, 11) is 0. The molecule has 3 nitrogen and oxygen atoms in total. The number of benzene rings is 2. The average Bonchev–Trinajstić information content (AvgIpc) is 2.82. The van der Waals surface area contributed by atoms with Gasteiger partial charge in [0.2, 0.25) is 0 Å². The number of ether oxygens (including phenoxy) is 1. The third-order valence-corrected chi connectivity index (χ3v) is 2.93. The highest BCUT2D eigenvalue weighted by Crippen LogP contribution is 2.25. The molecule has 1 aliphatic rings. The van der Waals surface area contributed by atoms with E-state index in [4.69, 9.17) is 4.74 Å². The standard InChI is InChI=1S/C13H13NO2/c15-13-4-2-10-7-12(3-1-11(10)8-13)14-5-6-16-9-14/h1-4,7-8,15H,5-6,9H2. The van der Waals surface area contributed by atoms with Crippen LogP contribution in [0.25, 0.3) is 10.8 Å². The molecule has 0 aliphatic carbocycles. The molecule has 16 heavy (non-hydrogen) atoms. The minimum Gasteiger partial charge on any atom is -0.508 e. The van der Waals surface area contributed by atoms with E-state index in [-0.39, 0.29) is 0 Å². The van der Waals surface area contributed by atoms with Crippen LogP contribution >= 0.6 is 0 Å². The molecule has 3 heteroatoms. The van der Waals surface area contributed by atoms with Gasteiger partial charge in [0, 0.05) is 12.2 Å². The van der Waals surface area contributed by atoms with Crippen molar-refractivity contribution in [3.05, 3.63) is 36.4 Å². The topological polar surface area (TPSA) is 32.7 Å². The highest BCUT2D eigenvalue weighted by molar-refractivity contribution is 5.87. The van der Waals surface area contributed by atoms with E-state index >= 15 is 0 Å². The molecule has 0 aromatic heterocycles. The summed E-state index contributed by atoms with van der Waals surface area (Å²) in [5, 5.41) is 11.6. The summed E-state index contributed by atoms with van der Waals surface area (Å²) in [5.74, 6) is 0.310. The molecular weight excluding hydrogens is 202 g/mol. The van der Waals surface area contributed by atoms with E-state index in [1.807, 2.05) is 12.1 Å². The first-order valence-corrected chi connectivity index (χ1v) is 5.38. The Labute approximate surface area is 93.9 Å². The number of hydrogen-bond acceptors (Lipinski definition) is 3. The third kappa shape index (κ3) is 1.59. The predicted octanol–water partition coefficient (Wildman–Crippen LogP) is 2.34. The molecule has 1 aliphatic heterocycles. The Balaban J connectivity index is 2.05. The fraction of sp³-hybridized carbons (Fsp3) is 0.231. The van der Waals surface area contributed by atoms with Crippen molar-refractivity contribution < 1.29 is 9.84 Å². The van der Waals surface area contributed by atoms with Gasteiger partial charge in [0.15, 0.2) is 0 Å². The van der Waals surface area contributed by atoms with Gasteiger partial charge >= 0.3 is 0 Å². The van der Waals surface area contributed by atoms with Crippen LogP contribution in [0.3, 0.4) is 0 Å². The van der Waals surface area contributed by atoms with E-state index in [2.05, 4.69) is 17.0 Å². The Morgan fingerprint density at radius 3 is 2.69 bits per heavy atom. The lowest BCUT2D eigenvalue weighted by Gasteiger charge is -2.16. The van der Waals surface area contributed by atoms with Crippen molar-refractivity contribution in [2.75, 3.05) is 24.8 Å². The highest BCUT2D eigenvalue weighted by Gasteiger charge is 2.12. The second kappa shape index (κ2) is 3.68. The zero-order valence-electron chi connectivity index (χ0n) is 8.89. The molecule has 0 spiro atoms. The van der Waals surface area contributed by atoms with Crippen LogP contribution in [0, 0.1) is 0 Å². The van der Waals surface area contributed by atoms with Crippen molar-refractivity contribution in [1.82, 2.24) is 0 Å². The molecule has 82 valence electrons. The maximum atomic E-state index is 9.38. The molecule has 1 fully saturated rings. The molecule has 0 radical (unpaired) electrons. The second-order valence-electron chi connectivity index (χ2n) is 4.02. The summed E-state index contributed by atoms with van der Waals surface area (Å²) in [5.41, 5.74) is 1.18. The SMILES string of the molecule is Oc1ccc2cc(N3CCOC3)ccc2c1. The normalized spacial score (nSPS) is 15.9. The Morgan fingerprint density at radius 2 is 1.88 bits per heavy atom. The van der Waals surface area contributed by atoms with Gasteiger partial charge in [-0.05, 0) is 35.0 Å². The summed E-state index contributed by atoms with van der Waals surface area (Å²) in [4.78, 5) is 2.20. The van der Waals surface area contributed by atoms with Gasteiger partial charge in [-0.3, -0.25) is 0 Å². The van der Waals surface area contributed by atoms with Crippen LogP contribution in [0.1, 0.15) is 0 Å². The fourth-order valence-corrected chi connectivity index (χ4v) is 2.03. The van der Waals surface area contributed by atoms with Gasteiger partial charge in [-0.25, -0.2) is 0 Å². The third-order valence-electron chi connectivity index (χ3n) is 2.93. The first-order valence-electron chi connectivity index (χ1n) is 5.38. The maximum Gasteiger partial charge on any atom is 0.119 e. The summed E-state index contributed by atoms with van der Waals surface area (Å²) >= 11 is 0. The van der Waals surface area contributed by atoms with Gasteiger partial charge < -0.3 is 14.7 Å². The number of anilines is 1. The molecule has 2 aromatic carbocycles.